The van der Waals surface area contributed by atoms with Gasteiger partial charge in [-0.05, 0) is 41.8 Å². The Hall–Kier alpha value is -1.91. The SMILES string of the molecule is Cc1c(N)cccc1-c1nnnn1C(C)C(C)C. The van der Waals surface area contributed by atoms with Gasteiger partial charge in [-0.2, -0.15) is 0 Å². The first-order valence-electron chi connectivity index (χ1n) is 6.15. The third-order valence-corrected chi connectivity index (χ3v) is 3.46. The van der Waals surface area contributed by atoms with Gasteiger partial charge in [0.2, 0.25) is 0 Å². The average Bonchev–Trinajstić information content (AvgIpc) is 2.80. The van der Waals surface area contributed by atoms with Crippen molar-refractivity contribution >= 4 is 5.69 Å². The second kappa shape index (κ2) is 4.76. The largest absolute Gasteiger partial charge is 0.398 e. The number of rotatable bonds is 3. The van der Waals surface area contributed by atoms with Crippen LogP contribution in [0.4, 0.5) is 5.69 Å². The summed E-state index contributed by atoms with van der Waals surface area (Å²) < 4.78 is 1.87. The van der Waals surface area contributed by atoms with Crippen molar-refractivity contribution in [3.63, 3.8) is 0 Å². The van der Waals surface area contributed by atoms with E-state index in [0.717, 1.165) is 22.6 Å². The zero-order valence-corrected chi connectivity index (χ0v) is 11.3. The van der Waals surface area contributed by atoms with Crippen LogP contribution >= 0.6 is 0 Å². The lowest BCUT2D eigenvalue weighted by Gasteiger charge is -2.17. The number of nitrogens with two attached hydrogens (primary N) is 1. The lowest BCUT2D eigenvalue weighted by molar-refractivity contribution is 0.371. The minimum absolute atomic E-state index is 0.246. The molecule has 5 nitrogen and oxygen atoms in total. The Labute approximate surface area is 107 Å². The van der Waals surface area contributed by atoms with Crippen molar-refractivity contribution in [2.24, 2.45) is 5.92 Å². The average molecular weight is 245 g/mol. The predicted octanol–water partition coefficient (Wildman–Crippen LogP) is 2.45. The van der Waals surface area contributed by atoms with E-state index < -0.39 is 0 Å². The molecule has 18 heavy (non-hydrogen) atoms. The van der Waals surface area contributed by atoms with E-state index in [1.54, 1.807) is 0 Å². The highest BCUT2D eigenvalue weighted by Crippen LogP contribution is 2.28. The van der Waals surface area contributed by atoms with Crippen LogP contribution in [0.3, 0.4) is 0 Å². The summed E-state index contributed by atoms with van der Waals surface area (Å²) in [6.07, 6.45) is 0. The number of hydrogen-bond donors (Lipinski definition) is 1. The Balaban J connectivity index is 2.52. The zero-order valence-electron chi connectivity index (χ0n) is 11.3. The van der Waals surface area contributed by atoms with Gasteiger partial charge in [0.1, 0.15) is 0 Å². The fourth-order valence-electron chi connectivity index (χ4n) is 1.82. The van der Waals surface area contributed by atoms with E-state index in [1.165, 1.54) is 0 Å². The van der Waals surface area contributed by atoms with Crippen LogP contribution in [0, 0.1) is 12.8 Å². The number of hydrogen-bond acceptors (Lipinski definition) is 4. The van der Waals surface area contributed by atoms with E-state index in [0.29, 0.717) is 5.92 Å². The molecule has 1 atom stereocenters. The van der Waals surface area contributed by atoms with Gasteiger partial charge in [0.05, 0.1) is 6.04 Å². The van der Waals surface area contributed by atoms with Crippen molar-refractivity contribution in [1.29, 1.82) is 0 Å². The highest BCUT2D eigenvalue weighted by atomic mass is 15.5. The molecule has 0 aliphatic carbocycles. The standard InChI is InChI=1S/C13H19N5/c1-8(2)10(4)18-13(15-16-17-18)11-6-5-7-12(14)9(11)3/h5-8,10H,14H2,1-4H3. The van der Waals surface area contributed by atoms with Crippen LogP contribution in [0.1, 0.15) is 32.4 Å². The first-order chi connectivity index (χ1) is 8.52. The molecule has 1 unspecified atom stereocenters. The number of nitrogen functional groups attached to an aromatic ring is 1. The summed E-state index contributed by atoms with van der Waals surface area (Å²) in [6, 6.07) is 6.06. The van der Waals surface area contributed by atoms with Crippen LogP contribution in [-0.4, -0.2) is 20.2 Å². The minimum atomic E-state index is 0.246. The molecule has 0 saturated heterocycles. The summed E-state index contributed by atoms with van der Waals surface area (Å²) in [6.45, 7) is 8.42. The van der Waals surface area contributed by atoms with Crippen molar-refractivity contribution in [1.82, 2.24) is 20.2 Å². The van der Waals surface area contributed by atoms with Crippen molar-refractivity contribution in [2.75, 3.05) is 5.73 Å². The molecule has 96 valence electrons. The maximum Gasteiger partial charge on any atom is 0.182 e. The second-order valence-electron chi connectivity index (χ2n) is 4.95. The smallest absolute Gasteiger partial charge is 0.182 e. The van der Waals surface area contributed by atoms with E-state index >= 15 is 0 Å². The van der Waals surface area contributed by atoms with Crippen LogP contribution in [0.15, 0.2) is 18.2 Å². The molecule has 0 aliphatic heterocycles. The van der Waals surface area contributed by atoms with E-state index in [2.05, 4.69) is 36.3 Å². The molecule has 0 saturated carbocycles. The van der Waals surface area contributed by atoms with Crippen molar-refractivity contribution in [2.45, 2.75) is 33.7 Å². The summed E-state index contributed by atoms with van der Waals surface area (Å²) in [5.41, 5.74) is 8.71. The molecule has 2 N–H and O–H groups in total. The Morgan fingerprint density at radius 3 is 2.61 bits per heavy atom. The molecule has 0 fully saturated rings. The van der Waals surface area contributed by atoms with Crippen LogP contribution in [0.2, 0.25) is 0 Å². The monoisotopic (exact) mass is 245 g/mol. The Morgan fingerprint density at radius 2 is 1.94 bits per heavy atom. The summed E-state index contributed by atoms with van der Waals surface area (Å²) in [4.78, 5) is 0. The molecule has 0 aliphatic rings. The third-order valence-electron chi connectivity index (χ3n) is 3.46. The van der Waals surface area contributed by atoms with E-state index in [9.17, 15) is 0 Å². The summed E-state index contributed by atoms with van der Waals surface area (Å²) in [5.74, 6) is 1.25. The van der Waals surface area contributed by atoms with Gasteiger partial charge in [0.25, 0.3) is 0 Å². The van der Waals surface area contributed by atoms with E-state index in [1.807, 2.05) is 29.8 Å². The number of tetrazole rings is 1. The Kier molecular flexibility index (Phi) is 3.32. The van der Waals surface area contributed by atoms with Gasteiger partial charge in [-0.1, -0.05) is 26.0 Å². The predicted molar refractivity (Wildman–Crippen MR) is 72.0 cm³/mol. The van der Waals surface area contributed by atoms with E-state index in [4.69, 9.17) is 5.73 Å². The van der Waals surface area contributed by atoms with Gasteiger partial charge in [-0.25, -0.2) is 4.68 Å². The number of aromatic nitrogens is 4. The molecule has 0 amide bonds. The third kappa shape index (κ3) is 2.08. The first-order valence-corrected chi connectivity index (χ1v) is 6.15. The zero-order chi connectivity index (χ0) is 13.3. The Morgan fingerprint density at radius 1 is 1.22 bits per heavy atom. The quantitative estimate of drug-likeness (QED) is 0.843. The van der Waals surface area contributed by atoms with Crippen molar-refractivity contribution in [3.8, 4) is 11.4 Å². The molecular formula is C13H19N5. The van der Waals surface area contributed by atoms with Gasteiger partial charge >= 0.3 is 0 Å². The van der Waals surface area contributed by atoms with Crippen molar-refractivity contribution < 1.29 is 0 Å². The number of anilines is 1. The van der Waals surface area contributed by atoms with Crippen LogP contribution in [0.5, 0.6) is 0 Å². The van der Waals surface area contributed by atoms with Crippen LogP contribution in [-0.2, 0) is 0 Å². The molecule has 0 spiro atoms. The first kappa shape index (κ1) is 12.5. The molecule has 1 heterocycles. The number of benzene rings is 1. The summed E-state index contributed by atoms with van der Waals surface area (Å²) >= 11 is 0. The maximum absolute atomic E-state index is 5.93. The van der Waals surface area contributed by atoms with Gasteiger partial charge in [-0.15, -0.1) is 5.10 Å². The molecule has 0 radical (unpaired) electrons. The molecule has 1 aromatic carbocycles. The fraction of sp³-hybridized carbons (Fsp3) is 0.462. The van der Waals surface area contributed by atoms with Crippen LogP contribution in [0.25, 0.3) is 11.4 Å². The van der Waals surface area contributed by atoms with Gasteiger partial charge in [-0.3, -0.25) is 0 Å². The molecule has 2 rings (SSSR count). The van der Waals surface area contributed by atoms with Gasteiger partial charge in [0, 0.05) is 11.3 Å². The molecule has 2 aromatic rings. The fourth-order valence-corrected chi connectivity index (χ4v) is 1.82. The maximum atomic E-state index is 5.93. The van der Waals surface area contributed by atoms with Crippen molar-refractivity contribution in [3.05, 3.63) is 23.8 Å². The topological polar surface area (TPSA) is 69.6 Å². The summed E-state index contributed by atoms with van der Waals surface area (Å²) in [5, 5.41) is 12.0. The molecule has 1 aromatic heterocycles. The number of nitrogens with zero attached hydrogens (tertiary/aromatic N) is 4. The van der Waals surface area contributed by atoms with E-state index in [-0.39, 0.29) is 6.04 Å². The van der Waals surface area contributed by atoms with Gasteiger partial charge < -0.3 is 5.73 Å². The van der Waals surface area contributed by atoms with Crippen LogP contribution < -0.4 is 5.73 Å². The lowest BCUT2D eigenvalue weighted by atomic mass is 10.0. The second-order valence-corrected chi connectivity index (χ2v) is 4.95. The highest BCUT2D eigenvalue weighted by Gasteiger charge is 2.18. The lowest BCUT2D eigenvalue weighted by Crippen LogP contribution is -2.14. The summed E-state index contributed by atoms with van der Waals surface area (Å²) in [7, 11) is 0. The highest BCUT2D eigenvalue weighted by molar-refractivity contribution is 5.67. The molecule has 5 heteroatoms. The molecule has 0 bridgehead atoms. The van der Waals surface area contributed by atoms with Gasteiger partial charge in [0.15, 0.2) is 5.82 Å². The Bertz CT molecular complexity index is 544. The molecular weight excluding hydrogens is 226 g/mol. The normalized spacial score (nSPS) is 12.9. The minimum Gasteiger partial charge on any atom is -0.398 e.